The van der Waals surface area contributed by atoms with Gasteiger partial charge in [0, 0.05) is 24.0 Å². The number of carbonyl (C=O) groups excluding carboxylic acids is 2. The maximum Gasteiger partial charge on any atom is 0.243 e. The SMILES string of the molecule is CC[C@@H](C)NC(=O)[C@H](CC)N(Cc1ccccc1)C(=O)CCCOc1ccc(Cl)cc1. The molecule has 0 aliphatic rings. The lowest BCUT2D eigenvalue weighted by molar-refractivity contribution is -0.141. The van der Waals surface area contributed by atoms with Crippen molar-refractivity contribution in [3.63, 3.8) is 0 Å². The number of benzene rings is 2. The highest BCUT2D eigenvalue weighted by Gasteiger charge is 2.28. The molecule has 0 saturated carbocycles. The van der Waals surface area contributed by atoms with Crippen molar-refractivity contribution in [3.05, 3.63) is 65.2 Å². The molecule has 0 aromatic heterocycles. The van der Waals surface area contributed by atoms with Gasteiger partial charge in [0.05, 0.1) is 6.61 Å². The molecule has 2 atom stereocenters. The van der Waals surface area contributed by atoms with Crippen LogP contribution in [-0.4, -0.2) is 35.4 Å². The first-order chi connectivity index (χ1) is 14.9. The number of ether oxygens (including phenoxy) is 1. The number of halogens is 1. The van der Waals surface area contributed by atoms with E-state index in [1.807, 2.05) is 51.1 Å². The van der Waals surface area contributed by atoms with Crippen LogP contribution in [0.1, 0.15) is 52.0 Å². The van der Waals surface area contributed by atoms with Crippen LogP contribution in [0.25, 0.3) is 0 Å². The Bertz CT molecular complexity index is 811. The Morgan fingerprint density at radius 3 is 2.32 bits per heavy atom. The first-order valence-corrected chi connectivity index (χ1v) is 11.3. The van der Waals surface area contributed by atoms with Gasteiger partial charge in [-0.2, -0.15) is 0 Å². The Kier molecular flexibility index (Phi) is 10.4. The van der Waals surface area contributed by atoms with Crippen molar-refractivity contribution >= 4 is 23.4 Å². The largest absolute Gasteiger partial charge is 0.494 e. The fourth-order valence-electron chi connectivity index (χ4n) is 3.23. The molecule has 5 nitrogen and oxygen atoms in total. The van der Waals surface area contributed by atoms with Crippen LogP contribution in [0.15, 0.2) is 54.6 Å². The zero-order valence-electron chi connectivity index (χ0n) is 18.6. The van der Waals surface area contributed by atoms with E-state index in [-0.39, 0.29) is 17.9 Å². The van der Waals surface area contributed by atoms with Crippen molar-refractivity contribution in [1.82, 2.24) is 10.2 Å². The Morgan fingerprint density at radius 1 is 1.03 bits per heavy atom. The Morgan fingerprint density at radius 2 is 1.71 bits per heavy atom. The normalized spacial score (nSPS) is 12.6. The van der Waals surface area contributed by atoms with Gasteiger partial charge in [-0.3, -0.25) is 9.59 Å². The van der Waals surface area contributed by atoms with Crippen LogP contribution >= 0.6 is 11.6 Å². The van der Waals surface area contributed by atoms with E-state index in [0.717, 1.165) is 17.7 Å². The molecule has 0 aliphatic heterocycles. The van der Waals surface area contributed by atoms with E-state index < -0.39 is 6.04 Å². The van der Waals surface area contributed by atoms with Crippen LogP contribution < -0.4 is 10.1 Å². The number of amides is 2. The standard InChI is InChI=1S/C25H33ClN2O3/c1-4-19(3)27-25(30)23(5-2)28(18-20-10-7-6-8-11-20)24(29)12-9-17-31-22-15-13-21(26)14-16-22/h6-8,10-11,13-16,19,23H,4-5,9,12,17-18H2,1-3H3,(H,27,30)/t19-,23+/m1/s1. The molecule has 0 fully saturated rings. The van der Waals surface area contributed by atoms with Gasteiger partial charge in [-0.05, 0) is 56.0 Å². The molecule has 0 aliphatic carbocycles. The monoisotopic (exact) mass is 444 g/mol. The van der Waals surface area contributed by atoms with Crippen LogP contribution in [0, 0.1) is 0 Å². The molecule has 1 N–H and O–H groups in total. The molecule has 2 aromatic rings. The summed E-state index contributed by atoms with van der Waals surface area (Å²) in [6, 6.07) is 16.5. The van der Waals surface area contributed by atoms with Gasteiger partial charge in [-0.25, -0.2) is 0 Å². The Labute approximate surface area is 190 Å². The summed E-state index contributed by atoms with van der Waals surface area (Å²) in [6.07, 6.45) is 2.28. The van der Waals surface area contributed by atoms with E-state index >= 15 is 0 Å². The van der Waals surface area contributed by atoms with Crippen LogP contribution in [0.5, 0.6) is 5.75 Å². The summed E-state index contributed by atoms with van der Waals surface area (Å²) in [5.41, 5.74) is 1.00. The summed E-state index contributed by atoms with van der Waals surface area (Å²) in [5.74, 6) is 0.575. The first-order valence-electron chi connectivity index (χ1n) is 11.0. The number of nitrogens with one attached hydrogen (secondary N) is 1. The molecule has 0 unspecified atom stereocenters. The fourth-order valence-corrected chi connectivity index (χ4v) is 3.35. The average Bonchev–Trinajstić information content (AvgIpc) is 2.78. The summed E-state index contributed by atoms with van der Waals surface area (Å²) < 4.78 is 5.70. The van der Waals surface area contributed by atoms with Crippen molar-refractivity contribution < 1.29 is 14.3 Å². The highest BCUT2D eigenvalue weighted by molar-refractivity contribution is 6.30. The summed E-state index contributed by atoms with van der Waals surface area (Å²) in [6.45, 7) is 6.77. The molecule has 0 saturated heterocycles. The molecule has 0 bridgehead atoms. The van der Waals surface area contributed by atoms with Gasteiger partial charge in [0.25, 0.3) is 0 Å². The van der Waals surface area contributed by atoms with Gasteiger partial charge >= 0.3 is 0 Å². The van der Waals surface area contributed by atoms with Crippen LogP contribution in [0.4, 0.5) is 0 Å². The first kappa shape index (κ1) is 24.7. The number of nitrogens with zero attached hydrogens (tertiary/aromatic N) is 1. The quantitative estimate of drug-likeness (QED) is 0.456. The number of rotatable bonds is 12. The second-order valence-electron chi connectivity index (χ2n) is 7.66. The predicted octanol–water partition coefficient (Wildman–Crippen LogP) is 5.22. The molecule has 0 spiro atoms. The third-order valence-corrected chi connectivity index (χ3v) is 5.45. The second kappa shape index (κ2) is 13.0. The van der Waals surface area contributed by atoms with Gasteiger partial charge in [-0.15, -0.1) is 0 Å². The van der Waals surface area contributed by atoms with E-state index in [2.05, 4.69) is 5.32 Å². The molecule has 2 rings (SSSR count). The average molecular weight is 445 g/mol. The van der Waals surface area contributed by atoms with Gasteiger partial charge in [0.15, 0.2) is 0 Å². The van der Waals surface area contributed by atoms with E-state index in [4.69, 9.17) is 16.3 Å². The summed E-state index contributed by atoms with van der Waals surface area (Å²) in [5, 5.41) is 3.68. The minimum Gasteiger partial charge on any atom is -0.494 e. The van der Waals surface area contributed by atoms with Crippen molar-refractivity contribution in [1.29, 1.82) is 0 Å². The lowest BCUT2D eigenvalue weighted by atomic mass is 10.1. The number of hydrogen-bond donors (Lipinski definition) is 1. The highest BCUT2D eigenvalue weighted by atomic mass is 35.5. The van der Waals surface area contributed by atoms with E-state index in [0.29, 0.717) is 37.4 Å². The molecular formula is C25H33ClN2O3. The van der Waals surface area contributed by atoms with E-state index in [1.165, 1.54) is 0 Å². The van der Waals surface area contributed by atoms with E-state index in [9.17, 15) is 9.59 Å². The minimum absolute atomic E-state index is 0.0466. The topological polar surface area (TPSA) is 58.6 Å². The molecular weight excluding hydrogens is 412 g/mol. The lowest BCUT2D eigenvalue weighted by Crippen LogP contribution is -2.50. The summed E-state index contributed by atoms with van der Waals surface area (Å²) in [4.78, 5) is 27.7. The highest BCUT2D eigenvalue weighted by Crippen LogP contribution is 2.17. The molecule has 168 valence electrons. The van der Waals surface area contributed by atoms with Crippen molar-refractivity contribution in [2.75, 3.05) is 6.61 Å². The Balaban J connectivity index is 2.02. The molecule has 0 heterocycles. The second-order valence-corrected chi connectivity index (χ2v) is 8.09. The maximum absolute atomic E-state index is 13.1. The van der Waals surface area contributed by atoms with Gasteiger partial charge in [0.1, 0.15) is 11.8 Å². The fraction of sp³-hybridized carbons (Fsp3) is 0.440. The molecule has 2 amide bonds. The van der Waals surface area contributed by atoms with Gasteiger partial charge in [-0.1, -0.05) is 55.8 Å². The van der Waals surface area contributed by atoms with Crippen LogP contribution in [0.2, 0.25) is 5.02 Å². The van der Waals surface area contributed by atoms with E-state index in [1.54, 1.807) is 29.2 Å². The maximum atomic E-state index is 13.1. The lowest BCUT2D eigenvalue weighted by Gasteiger charge is -2.31. The van der Waals surface area contributed by atoms with Crippen LogP contribution in [-0.2, 0) is 16.1 Å². The smallest absolute Gasteiger partial charge is 0.243 e. The van der Waals surface area contributed by atoms with Gasteiger partial charge < -0.3 is 15.0 Å². The third kappa shape index (κ3) is 8.25. The summed E-state index contributed by atoms with van der Waals surface area (Å²) >= 11 is 5.89. The van der Waals surface area contributed by atoms with Crippen LogP contribution in [0.3, 0.4) is 0 Å². The number of hydrogen-bond acceptors (Lipinski definition) is 3. The predicted molar refractivity (Wildman–Crippen MR) is 125 cm³/mol. The zero-order chi connectivity index (χ0) is 22.6. The van der Waals surface area contributed by atoms with Gasteiger partial charge in [0.2, 0.25) is 11.8 Å². The minimum atomic E-state index is -0.501. The molecule has 31 heavy (non-hydrogen) atoms. The number of carbonyl (C=O) groups is 2. The third-order valence-electron chi connectivity index (χ3n) is 5.20. The molecule has 2 aromatic carbocycles. The molecule has 0 radical (unpaired) electrons. The van der Waals surface area contributed by atoms with Crippen molar-refractivity contribution in [2.24, 2.45) is 0 Å². The van der Waals surface area contributed by atoms with Crippen molar-refractivity contribution in [2.45, 2.75) is 65.1 Å². The van der Waals surface area contributed by atoms with Crippen molar-refractivity contribution in [3.8, 4) is 5.75 Å². The molecule has 6 heteroatoms. The zero-order valence-corrected chi connectivity index (χ0v) is 19.4. The summed E-state index contributed by atoms with van der Waals surface area (Å²) in [7, 11) is 0. The Hall–Kier alpha value is -2.53.